The van der Waals surface area contributed by atoms with E-state index in [1.165, 1.54) is 5.56 Å². The molecule has 0 aliphatic heterocycles. The summed E-state index contributed by atoms with van der Waals surface area (Å²) < 4.78 is 0. The minimum atomic E-state index is 0.237. The monoisotopic (exact) mass is 244 g/mol. The van der Waals surface area contributed by atoms with E-state index in [2.05, 4.69) is 26.0 Å². The van der Waals surface area contributed by atoms with Crippen molar-refractivity contribution in [2.75, 3.05) is 0 Å². The van der Waals surface area contributed by atoms with Crippen molar-refractivity contribution in [2.45, 2.75) is 38.5 Å². The molecule has 0 N–H and O–H groups in total. The van der Waals surface area contributed by atoms with Gasteiger partial charge in [-0.25, -0.2) is 0 Å². The van der Waals surface area contributed by atoms with Crippen LogP contribution in [0, 0.1) is 5.92 Å². The quantitative estimate of drug-likeness (QED) is 0.645. The fourth-order valence-electron chi connectivity index (χ4n) is 1.81. The Balaban J connectivity index is 2.57. The molecule has 0 heterocycles. The number of rotatable bonds is 5. The molecule has 0 aromatic heterocycles. The minimum absolute atomic E-state index is 0.237. The van der Waals surface area contributed by atoms with Gasteiger partial charge in [-0.05, 0) is 30.0 Å². The largest absolute Gasteiger partial charge is 0.122 e. The summed E-state index contributed by atoms with van der Waals surface area (Å²) in [6, 6.07) is 7.96. The van der Waals surface area contributed by atoms with Gasteiger partial charge >= 0.3 is 0 Å². The van der Waals surface area contributed by atoms with Crippen molar-refractivity contribution >= 4 is 23.2 Å². The Labute approximate surface area is 103 Å². The summed E-state index contributed by atoms with van der Waals surface area (Å²) in [6.45, 7) is 4.40. The molecule has 0 nitrogen and oxygen atoms in total. The van der Waals surface area contributed by atoms with E-state index in [1.807, 2.05) is 12.1 Å². The molecular formula is C13H18Cl2. The number of halogens is 2. The lowest BCUT2D eigenvalue weighted by molar-refractivity contribution is 0.464. The third-order valence-electron chi connectivity index (χ3n) is 2.90. The molecule has 0 amide bonds. The average Bonchev–Trinajstić information content (AvgIpc) is 2.23. The van der Waals surface area contributed by atoms with Gasteiger partial charge in [-0.15, -0.1) is 11.6 Å². The van der Waals surface area contributed by atoms with Crippen LogP contribution in [-0.4, -0.2) is 5.38 Å². The minimum Gasteiger partial charge on any atom is -0.122 e. The van der Waals surface area contributed by atoms with Crippen LogP contribution in [0.1, 0.15) is 32.3 Å². The van der Waals surface area contributed by atoms with Gasteiger partial charge in [-0.1, -0.05) is 50.4 Å². The van der Waals surface area contributed by atoms with Gasteiger partial charge in [0, 0.05) is 10.4 Å². The Hall–Kier alpha value is -0.200. The van der Waals surface area contributed by atoms with Gasteiger partial charge in [0.05, 0.1) is 0 Å². The van der Waals surface area contributed by atoms with Crippen molar-refractivity contribution in [2.24, 2.45) is 5.92 Å². The van der Waals surface area contributed by atoms with Gasteiger partial charge in [-0.2, -0.15) is 0 Å². The van der Waals surface area contributed by atoms with Crippen molar-refractivity contribution in [3.8, 4) is 0 Å². The van der Waals surface area contributed by atoms with Gasteiger partial charge in [0.1, 0.15) is 0 Å². The maximum Gasteiger partial charge on any atom is 0.0406 e. The van der Waals surface area contributed by atoms with Crippen LogP contribution in [0.15, 0.2) is 24.3 Å². The Morgan fingerprint density at radius 1 is 1.07 bits per heavy atom. The Kier molecular flexibility index (Phi) is 5.49. The molecule has 1 atom stereocenters. The molecule has 0 aliphatic rings. The second kappa shape index (κ2) is 6.40. The van der Waals surface area contributed by atoms with Crippen LogP contribution in [0.4, 0.5) is 0 Å². The van der Waals surface area contributed by atoms with Crippen molar-refractivity contribution < 1.29 is 0 Å². The molecule has 0 spiro atoms. The first-order valence-electron chi connectivity index (χ1n) is 5.55. The Bertz CT molecular complexity index is 275. The van der Waals surface area contributed by atoms with Crippen LogP contribution in [0.2, 0.25) is 5.02 Å². The lowest BCUT2D eigenvalue weighted by atomic mass is 9.94. The fraction of sp³-hybridized carbons (Fsp3) is 0.538. The summed E-state index contributed by atoms with van der Waals surface area (Å²) in [5.74, 6) is 0.613. The predicted molar refractivity (Wildman–Crippen MR) is 68.9 cm³/mol. The van der Waals surface area contributed by atoms with Gasteiger partial charge in [0.25, 0.3) is 0 Å². The first-order valence-corrected chi connectivity index (χ1v) is 6.37. The number of benzene rings is 1. The molecule has 0 aliphatic carbocycles. The zero-order chi connectivity index (χ0) is 11.3. The SMILES string of the molecule is CCC(CC)C(Cl)Cc1ccc(Cl)cc1. The normalized spacial score (nSPS) is 13.1. The molecule has 0 bridgehead atoms. The second-order valence-electron chi connectivity index (χ2n) is 3.92. The highest BCUT2D eigenvalue weighted by atomic mass is 35.5. The van der Waals surface area contributed by atoms with Crippen LogP contribution < -0.4 is 0 Å². The van der Waals surface area contributed by atoms with E-state index in [-0.39, 0.29) is 5.38 Å². The van der Waals surface area contributed by atoms with E-state index < -0.39 is 0 Å². The van der Waals surface area contributed by atoms with E-state index in [0.29, 0.717) is 5.92 Å². The van der Waals surface area contributed by atoms with Crippen molar-refractivity contribution in [1.29, 1.82) is 0 Å². The number of hydrogen-bond donors (Lipinski definition) is 0. The molecule has 1 aromatic rings. The molecular weight excluding hydrogens is 227 g/mol. The van der Waals surface area contributed by atoms with Gasteiger partial charge in [-0.3, -0.25) is 0 Å². The summed E-state index contributed by atoms with van der Waals surface area (Å²) in [5, 5.41) is 1.02. The van der Waals surface area contributed by atoms with Crippen LogP contribution in [0.5, 0.6) is 0 Å². The first-order chi connectivity index (χ1) is 7.17. The van der Waals surface area contributed by atoms with Crippen LogP contribution >= 0.6 is 23.2 Å². The maximum atomic E-state index is 6.39. The third kappa shape index (κ3) is 4.04. The second-order valence-corrected chi connectivity index (χ2v) is 4.92. The smallest absolute Gasteiger partial charge is 0.0406 e. The van der Waals surface area contributed by atoms with Gasteiger partial charge in [0.2, 0.25) is 0 Å². The number of hydrogen-bond acceptors (Lipinski definition) is 0. The average molecular weight is 245 g/mol. The maximum absolute atomic E-state index is 6.39. The molecule has 84 valence electrons. The molecule has 0 saturated carbocycles. The summed E-state index contributed by atoms with van der Waals surface area (Å²) in [7, 11) is 0. The molecule has 1 rings (SSSR count). The van der Waals surface area contributed by atoms with Gasteiger partial charge < -0.3 is 0 Å². The Morgan fingerprint density at radius 3 is 2.07 bits per heavy atom. The third-order valence-corrected chi connectivity index (χ3v) is 3.67. The van der Waals surface area contributed by atoms with E-state index in [9.17, 15) is 0 Å². The lowest BCUT2D eigenvalue weighted by Crippen LogP contribution is -2.15. The van der Waals surface area contributed by atoms with Crippen molar-refractivity contribution in [3.05, 3.63) is 34.9 Å². The molecule has 2 heteroatoms. The number of alkyl halides is 1. The Morgan fingerprint density at radius 2 is 1.60 bits per heavy atom. The standard InChI is InChI=1S/C13H18Cl2/c1-3-11(4-2)13(15)9-10-5-7-12(14)8-6-10/h5-8,11,13H,3-4,9H2,1-2H3. The predicted octanol–water partition coefficient (Wildman–Crippen LogP) is 4.93. The molecule has 15 heavy (non-hydrogen) atoms. The van der Waals surface area contributed by atoms with Crippen molar-refractivity contribution in [1.82, 2.24) is 0 Å². The first kappa shape index (κ1) is 12.9. The lowest BCUT2D eigenvalue weighted by Gasteiger charge is -2.19. The van der Waals surface area contributed by atoms with Crippen LogP contribution in [-0.2, 0) is 6.42 Å². The molecule has 0 radical (unpaired) electrons. The topological polar surface area (TPSA) is 0 Å². The van der Waals surface area contributed by atoms with E-state index >= 15 is 0 Å². The summed E-state index contributed by atoms with van der Waals surface area (Å²) in [4.78, 5) is 0. The highest BCUT2D eigenvalue weighted by molar-refractivity contribution is 6.30. The van der Waals surface area contributed by atoms with Crippen molar-refractivity contribution in [3.63, 3.8) is 0 Å². The highest BCUT2D eigenvalue weighted by Gasteiger charge is 2.15. The zero-order valence-electron chi connectivity index (χ0n) is 9.34. The molecule has 0 fully saturated rings. The summed E-state index contributed by atoms with van der Waals surface area (Å²) in [5.41, 5.74) is 1.27. The molecule has 1 unspecified atom stereocenters. The van der Waals surface area contributed by atoms with Crippen LogP contribution in [0.25, 0.3) is 0 Å². The van der Waals surface area contributed by atoms with E-state index in [4.69, 9.17) is 23.2 Å². The summed E-state index contributed by atoms with van der Waals surface area (Å²) in [6.07, 6.45) is 3.24. The van der Waals surface area contributed by atoms with E-state index in [1.54, 1.807) is 0 Å². The van der Waals surface area contributed by atoms with E-state index in [0.717, 1.165) is 24.3 Å². The molecule has 1 aromatic carbocycles. The van der Waals surface area contributed by atoms with Crippen LogP contribution in [0.3, 0.4) is 0 Å². The zero-order valence-corrected chi connectivity index (χ0v) is 10.9. The fourth-order valence-corrected chi connectivity index (χ4v) is 2.47. The highest BCUT2D eigenvalue weighted by Crippen LogP contribution is 2.22. The molecule has 0 saturated heterocycles. The summed E-state index contributed by atoms with van der Waals surface area (Å²) >= 11 is 12.2. The van der Waals surface area contributed by atoms with Gasteiger partial charge in [0.15, 0.2) is 0 Å².